The van der Waals surface area contributed by atoms with Gasteiger partial charge in [0.1, 0.15) is 0 Å². The average molecular weight is 337 g/mol. The van der Waals surface area contributed by atoms with Gasteiger partial charge in [-0.15, -0.1) is 0 Å². The van der Waals surface area contributed by atoms with Gasteiger partial charge in [-0.2, -0.15) is 0 Å². The summed E-state index contributed by atoms with van der Waals surface area (Å²) in [5.41, 5.74) is 1.95. The Morgan fingerprint density at radius 2 is 1.74 bits per heavy atom. The molecule has 2 aliphatic rings. The smallest absolute Gasteiger partial charge is 0.227 e. The van der Waals surface area contributed by atoms with E-state index < -0.39 is 10.0 Å². The molecule has 0 bridgehead atoms. The molecule has 126 valence electrons. The Kier molecular flexibility index (Phi) is 4.59. The van der Waals surface area contributed by atoms with Crippen molar-refractivity contribution in [3.63, 3.8) is 0 Å². The molecule has 1 atom stereocenters. The highest BCUT2D eigenvalue weighted by Gasteiger charge is 2.34. The molecule has 2 heterocycles. The largest absolute Gasteiger partial charge is 0.370 e. The Hall–Kier alpha value is -1.60. The van der Waals surface area contributed by atoms with E-state index in [0.717, 1.165) is 37.3 Å². The molecular formula is C16H23N3O3S. The molecule has 1 unspecified atom stereocenters. The van der Waals surface area contributed by atoms with Gasteiger partial charge in [-0.1, -0.05) is 12.1 Å². The van der Waals surface area contributed by atoms with Gasteiger partial charge in [0.05, 0.1) is 17.1 Å². The molecule has 0 spiro atoms. The quantitative estimate of drug-likeness (QED) is 0.898. The van der Waals surface area contributed by atoms with Crippen molar-refractivity contribution in [2.45, 2.75) is 25.7 Å². The number of sulfonamides is 1. The maximum Gasteiger partial charge on any atom is 0.227 e. The molecule has 1 aromatic carbocycles. The number of nitrogens with zero attached hydrogens (tertiary/aromatic N) is 2. The molecule has 6 nitrogen and oxygen atoms in total. The third-order valence-electron chi connectivity index (χ3n) is 4.54. The lowest BCUT2D eigenvalue weighted by Crippen LogP contribution is -2.33. The van der Waals surface area contributed by atoms with Crippen molar-refractivity contribution in [2.75, 3.05) is 35.2 Å². The number of rotatable bonds is 4. The molecule has 1 aromatic rings. The maximum absolute atomic E-state index is 12.4. The first-order chi connectivity index (χ1) is 10.9. The minimum atomic E-state index is -3.56. The topological polar surface area (TPSA) is 83.7 Å². The Balaban J connectivity index is 1.83. The van der Waals surface area contributed by atoms with E-state index in [9.17, 15) is 13.2 Å². The van der Waals surface area contributed by atoms with Crippen LogP contribution in [0.2, 0.25) is 0 Å². The third kappa shape index (κ3) is 3.84. The zero-order valence-electron chi connectivity index (χ0n) is 13.1. The number of primary sulfonamides is 1. The van der Waals surface area contributed by atoms with Gasteiger partial charge in [-0.3, -0.25) is 4.79 Å². The fourth-order valence-corrected chi connectivity index (χ4v) is 4.43. The van der Waals surface area contributed by atoms with E-state index in [4.69, 9.17) is 5.14 Å². The molecule has 0 aromatic heterocycles. The molecule has 2 aliphatic heterocycles. The highest BCUT2D eigenvalue weighted by Crippen LogP contribution is 2.35. The molecule has 0 saturated carbocycles. The number of para-hydroxylation sites is 2. The maximum atomic E-state index is 12.4. The lowest BCUT2D eigenvalue weighted by Gasteiger charge is -2.32. The van der Waals surface area contributed by atoms with Gasteiger partial charge in [0.2, 0.25) is 15.9 Å². The molecule has 2 fully saturated rings. The fourth-order valence-electron chi connectivity index (χ4n) is 3.55. The van der Waals surface area contributed by atoms with Crippen molar-refractivity contribution in [2.24, 2.45) is 11.1 Å². The van der Waals surface area contributed by atoms with Crippen LogP contribution in [0.25, 0.3) is 0 Å². The molecular weight excluding hydrogens is 314 g/mol. The van der Waals surface area contributed by atoms with E-state index in [1.807, 2.05) is 24.3 Å². The van der Waals surface area contributed by atoms with Crippen molar-refractivity contribution >= 4 is 27.3 Å². The summed E-state index contributed by atoms with van der Waals surface area (Å²) in [6.45, 7) is 2.42. The van der Waals surface area contributed by atoms with Gasteiger partial charge in [0.25, 0.3) is 0 Å². The first kappa shape index (κ1) is 16.3. The summed E-state index contributed by atoms with van der Waals surface area (Å²) in [5, 5.41) is 5.13. The van der Waals surface area contributed by atoms with Crippen LogP contribution in [0, 0.1) is 5.92 Å². The molecule has 1 amide bonds. The van der Waals surface area contributed by atoms with Gasteiger partial charge >= 0.3 is 0 Å². The predicted molar refractivity (Wildman–Crippen MR) is 90.9 cm³/mol. The molecule has 3 rings (SSSR count). The number of anilines is 2. The number of nitrogens with two attached hydrogens (primary N) is 1. The molecule has 0 aliphatic carbocycles. The summed E-state index contributed by atoms with van der Waals surface area (Å²) in [4.78, 5) is 16.4. The number of piperidine rings is 1. The summed E-state index contributed by atoms with van der Waals surface area (Å²) in [7, 11) is -3.56. The Morgan fingerprint density at radius 1 is 1.09 bits per heavy atom. The van der Waals surface area contributed by atoms with Crippen molar-refractivity contribution in [1.29, 1.82) is 0 Å². The number of carbonyl (C=O) groups is 1. The number of amides is 1. The number of hydrogen-bond donors (Lipinski definition) is 1. The minimum Gasteiger partial charge on any atom is -0.370 e. The zero-order chi connectivity index (χ0) is 16.4. The van der Waals surface area contributed by atoms with E-state index >= 15 is 0 Å². The van der Waals surface area contributed by atoms with Crippen LogP contribution < -0.4 is 14.9 Å². The van der Waals surface area contributed by atoms with Crippen molar-refractivity contribution < 1.29 is 13.2 Å². The van der Waals surface area contributed by atoms with E-state index in [-0.39, 0.29) is 24.0 Å². The first-order valence-corrected chi connectivity index (χ1v) is 9.80. The first-order valence-electron chi connectivity index (χ1n) is 8.09. The highest BCUT2D eigenvalue weighted by molar-refractivity contribution is 7.89. The van der Waals surface area contributed by atoms with Crippen LogP contribution in [0.5, 0.6) is 0 Å². The SMILES string of the molecule is NS(=O)(=O)CC1CC(=O)N(c2ccccc2N2CCCCC2)C1. The van der Waals surface area contributed by atoms with E-state index in [1.54, 1.807) is 4.90 Å². The van der Waals surface area contributed by atoms with Crippen LogP contribution in [0.4, 0.5) is 11.4 Å². The average Bonchev–Trinajstić information content (AvgIpc) is 2.86. The van der Waals surface area contributed by atoms with Crippen molar-refractivity contribution in [1.82, 2.24) is 0 Å². The Morgan fingerprint density at radius 3 is 2.39 bits per heavy atom. The van der Waals surface area contributed by atoms with Crippen LogP contribution in [0.3, 0.4) is 0 Å². The fraction of sp³-hybridized carbons (Fsp3) is 0.562. The number of carbonyl (C=O) groups excluding carboxylic acids is 1. The summed E-state index contributed by atoms with van der Waals surface area (Å²) >= 11 is 0. The Bertz CT molecular complexity index is 684. The number of benzene rings is 1. The van der Waals surface area contributed by atoms with Crippen LogP contribution >= 0.6 is 0 Å². The monoisotopic (exact) mass is 337 g/mol. The second kappa shape index (κ2) is 6.49. The molecule has 23 heavy (non-hydrogen) atoms. The highest BCUT2D eigenvalue weighted by atomic mass is 32.2. The normalized spacial score (nSPS) is 22.7. The van der Waals surface area contributed by atoms with Crippen molar-refractivity contribution in [3.05, 3.63) is 24.3 Å². The van der Waals surface area contributed by atoms with Gasteiger partial charge in [-0.05, 0) is 31.4 Å². The molecule has 2 saturated heterocycles. The molecule has 2 N–H and O–H groups in total. The Labute approximate surface area is 137 Å². The summed E-state index contributed by atoms with van der Waals surface area (Å²) < 4.78 is 22.6. The standard InChI is InChI=1S/C16H23N3O3S/c17-23(21,22)12-13-10-16(20)19(11-13)15-7-3-2-6-14(15)18-8-4-1-5-9-18/h2-3,6-7,13H,1,4-5,8-12H2,(H2,17,21,22). The second-order valence-electron chi connectivity index (χ2n) is 6.44. The van der Waals surface area contributed by atoms with E-state index in [0.29, 0.717) is 6.54 Å². The lowest BCUT2D eigenvalue weighted by atomic mass is 10.1. The summed E-state index contributed by atoms with van der Waals surface area (Å²) in [6, 6.07) is 7.89. The van der Waals surface area contributed by atoms with Crippen LogP contribution in [0.15, 0.2) is 24.3 Å². The summed E-state index contributed by atoms with van der Waals surface area (Å²) in [5.74, 6) is -0.392. The predicted octanol–water partition coefficient (Wildman–Crippen LogP) is 1.32. The third-order valence-corrected chi connectivity index (χ3v) is 5.48. The zero-order valence-corrected chi connectivity index (χ0v) is 14.0. The van der Waals surface area contributed by atoms with Gasteiger partial charge < -0.3 is 9.80 Å². The lowest BCUT2D eigenvalue weighted by molar-refractivity contribution is -0.117. The molecule has 7 heteroatoms. The van der Waals surface area contributed by atoms with Gasteiger partial charge in [0.15, 0.2) is 0 Å². The van der Waals surface area contributed by atoms with Crippen molar-refractivity contribution in [3.8, 4) is 0 Å². The van der Waals surface area contributed by atoms with Gasteiger partial charge in [-0.25, -0.2) is 13.6 Å². The van der Waals surface area contributed by atoms with E-state index in [2.05, 4.69) is 4.90 Å². The van der Waals surface area contributed by atoms with Crippen LogP contribution in [0.1, 0.15) is 25.7 Å². The minimum absolute atomic E-state index is 0.0249. The second-order valence-corrected chi connectivity index (χ2v) is 8.10. The van der Waals surface area contributed by atoms with Gasteiger partial charge in [0, 0.05) is 32.0 Å². The van der Waals surface area contributed by atoms with Crippen LogP contribution in [-0.4, -0.2) is 39.7 Å². The molecule has 0 radical (unpaired) electrons. The summed E-state index contributed by atoms with van der Waals surface area (Å²) in [6.07, 6.45) is 3.81. The van der Waals surface area contributed by atoms with E-state index in [1.165, 1.54) is 6.42 Å². The number of hydrogen-bond acceptors (Lipinski definition) is 4. The van der Waals surface area contributed by atoms with Crippen LogP contribution in [-0.2, 0) is 14.8 Å².